The molecule has 0 unspecified atom stereocenters. The molecule has 4 heteroatoms. The SMILES string of the molecule is Cc1ccc(OCCOCCO)c([C@@H](C)N)c1. The standard InChI is InChI=1S/C13H21NO3/c1-10-3-4-13(12(9-10)11(2)14)17-8-7-16-6-5-15/h3-4,9,11,15H,5-8,14H2,1-2H3/t11-/m1/s1. The molecule has 0 spiro atoms. The summed E-state index contributed by atoms with van der Waals surface area (Å²) in [7, 11) is 0. The molecule has 0 saturated heterocycles. The van der Waals surface area contributed by atoms with E-state index in [2.05, 4.69) is 0 Å². The molecule has 0 fully saturated rings. The molecule has 1 atom stereocenters. The van der Waals surface area contributed by atoms with E-state index in [1.54, 1.807) is 0 Å². The zero-order valence-electron chi connectivity index (χ0n) is 10.5. The fraction of sp³-hybridized carbons (Fsp3) is 0.538. The van der Waals surface area contributed by atoms with E-state index in [1.807, 2.05) is 32.0 Å². The molecule has 0 aromatic heterocycles. The van der Waals surface area contributed by atoms with Crippen molar-refractivity contribution in [1.82, 2.24) is 0 Å². The summed E-state index contributed by atoms with van der Waals surface area (Å²) in [6.07, 6.45) is 0. The minimum atomic E-state index is -0.0525. The first-order valence-electron chi connectivity index (χ1n) is 5.82. The van der Waals surface area contributed by atoms with Gasteiger partial charge in [0.1, 0.15) is 12.4 Å². The summed E-state index contributed by atoms with van der Waals surface area (Å²) in [5.74, 6) is 0.804. The van der Waals surface area contributed by atoms with Gasteiger partial charge in [0.05, 0.1) is 19.8 Å². The third-order valence-electron chi connectivity index (χ3n) is 2.38. The van der Waals surface area contributed by atoms with Gasteiger partial charge >= 0.3 is 0 Å². The average molecular weight is 239 g/mol. The Balaban J connectivity index is 2.52. The van der Waals surface area contributed by atoms with E-state index >= 15 is 0 Å². The van der Waals surface area contributed by atoms with Gasteiger partial charge < -0.3 is 20.3 Å². The predicted octanol–water partition coefficient (Wildman–Crippen LogP) is 1.40. The third-order valence-corrected chi connectivity index (χ3v) is 2.38. The summed E-state index contributed by atoms with van der Waals surface area (Å²) in [6, 6.07) is 5.91. The quantitative estimate of drug-likeness (QED) is 0.706. The second-order valence-electron chi connectivity index (χ2n) is 4.01. The van der Waals surface area contributed by atoms with Crippen molar-refractivity contribution in [2.24, 2.45) is 5.73 Å². The number of nitrogens with two attached hydrogens (primary N) is 1. The van der Waals surface area contributed by atoms with Gasteiger partial charge in [-0.05, 0) is 19.9 Å². The Hall–Kier alpha value is -1.10. The van der Waals surface area contributed by atoms with E-state index in [4.69, 9.17) is 20.3 Å². The highest BCUT2D eigenvalue weighted by molar-refractivity contribution is 5.38. The summed E-state index contributed by atoms with van der Waals surface area (Å²) < 4.78 is 10.7. The van der Waals surface area contributed by atoms with Crippen molar-refractivity contribution in [2.45, 2.75) is 19.9 Å². The van der Waals surface area contributed by atoms with Gasteiger partial charge in [0, 0.05) is 11.6 Å². The number of ether oxygens (including phenoxy) is 2. The van der Waals surface area contributed by atoms with Gasteiger partial charge in [0.25, 0.3) is 0 Å². The zero-order chi connectivity index (χ0) is 12.7. The van der Waals surface area contributed by atoms with Crippen molar-refractivity contribution < 1.29 is 14.6 Å². The first-order chi connectivity index (χ1) is 8.15. The summed E-state index contributed by atoms with van der Waals surface area (Å²) >= 11 is 0. The largest absolute Gasteiger partial charge is 0.491 e. The van der Waals surface area contributed by atoms with Crippen molar-refractivity contribution >= 4 is 0 Å². The molecule has 1 rings (SSSR count). The molecule has 0 bridgehead atoms. The molecule has 0 aliphatic heterocycles. The van der Waals surface area contributed by atoms with Crippen LogP contribution in [0.3, 0.4) is 0 Å². The molecule has 0 aliphatic carbocycles. The van der Waals surface area contributed by atoms with Crippen LogP contribution in [0.25, 0.3) is 0 Å². The van der Waals surface area contributed by atoms with Crippen molar-refractivity contribution in [3.63, 3.8) is 0 Å². The Bertz CT molecular complexity index is 339. The van der Waals surface area contributed by atoms with Crippen LogP contribution in [0.15, 0.2) is 18.2 Å². The Labute approximate surface area is 102 Å². The number of aliphatic hydroxyl groups excluding tert-OH is 1. The minimum absolute atomic E-state index is 0.0373. The number of rotatable bonds is 7. The Kier molecular flexibility index (Phi) is 5.97. The number of aliphatic hydroxyl groups is 1. The Morgan fingerprint density at radius 1 is 1.29 bits per heavy atom. The van der Waals surface area contributed by atoms with Gasteiger partial charge in [-0.2, -0.15) is 0 Å². The van der Waals surface area contributed by atoms with Crippen molar-refractivity contribution in [3.8, 4) is 5.75 Å². The van der Waals surface area contributed by atoms with Crippen LogP contribution in [0.5, 0.6) is 5.75 Å². The van der Waals surface area contributed by atoms with Gasteiger partial charge in [0.15, 0.2) is 0 Å². The van der Waals surface area contributed by atoms with E-state index in [-0.39, 0.29) is 12.6 Å². The monoisotopic (exact) mass is 239 g/mol. The zero-order valence-corrected chi connectivity index (χ0v) is 10.5. The molecule has 96 valence electrons. The molecule has 0 amide bonds. The maximum absolute atomic E-state index is 8.55. The van der Waals surface area contributed by atoms with Crippen LogP contribution in [0, 0.1) is 6.92 Å². The smallest absolute Gasteiger partial charge is 0.124 e. The minimum Gasteiger partial charge on any atom is -0.491 e. The van der Waals surface area contributed by atoms with E-state index in [0.29, 0.717) is 19.8 Å². The van der Waals surface area contributed by atoms with Crippen molar-refractivity contribution in [1.29, 1.82) is 0 Å². The van der Waals surface area contributed by atoms with Gasteiger partial charge in [-0.15, -0.1) is 0 Å². The normalized spacial score (nSPS) is 12.5. The van der Waals surface area contributed by atoms with E-state index in [9.17, 15) is 0 Å². The first kappa shape index (κ1) is 14.0. The lowest BCUT2D eigenvalue weighted by molar-refractivity contribution is 0.0702. The highest BCUT2D eigenvalue weighted by atomic mass is 16.5. The van der Waals surface area contributed by atoms with Crippen molar-refractivity contribution in [2.75, 3.05) is 26.4 Å². The molecule has 1 aromatic carbocycles. The van der Waals surface area contributed by atoms with E-state index in [1.165, 1.54) is 5.56 Å². The van der Waals surface area contributed by atoms with Crippen LogP contribution >= 0.6 is 0 Å². The fourth-order valence-corrected chi connectivity index (χ4v) is 1.53. The maximum Gasteiger partial charge on any atom is 0.124 e. The lowest BCUT2D eigenvalue weighted by Gasteiger charge is -2.14. The van der Waals surface area contributed by atoms with Crippen LogP contribution in [0.4, 0.5) is 0 Å². The highest BCUT2D eigenvalue weighted by Gasteiger charge is 2.08. The summed E-state index contributed by atoms with van der Waals surface area (Å²) in [5.41, 5.74) is 8.07. The first-order valence-corrected chi connectivity index (χ1v) is 5.82. The van der Waals surface area contributed by atoms with Gasteiger partial charge in [-0.25, -0.2) is 0 Å². The molecule has 4 nitrogen and oxygen atoms in total. The highest BCUT2D eigenvalue weighted by Crippen LogP contribution is 2.24. The Morgan fingerprint density at radius 3 is 2.71 bits per heavy atom. The van der Waals surface area contributed by atoms with Crippen LogP contribution in [0.1, 0.15) is 24.1 Å². The molecule has 0 heterocycles. The molecule has 0 saturated carbocycles. The van der Waals surface area contributed by atoms with Crippen LogP contribution in [-0.4, -0.2) is 31.5 Å². The maximum atomic E-state index is 8.55. The number of benzene rings is 1. The number of hydrogen-bond acceptors (Lipinski definition) is 4. The lowest BCUT2D eigenvalue weighted by atomic mass is 10.1. The van der Waals surface area contributed by atoms with E-state index in [0.717, 1.165) is 11.3 Å². The van der Waals surface area contributed by atoms with Crippen LogP contribution in [-0.2, 0) is 4.74 Å². The predicted molar refractivity (Wildman–Crippen MR) is 67.2 cm³/mol. The topological polar surface area (TPSA) is 64.7 Å². The van der Waals surface area contributed by atoms with Gasteiger partial charge in [0.2, 0.25) is 0 Å². The second kappa shape index (κ2) is 7.27. The summed E-state index contributed by atoms with van der Waals surface area (Å²) in [5, 5.41) is 8.55. The lowest BCUT2D eigenvalue weighted by Crippen LogP contribution is -2.12. The summed E-state index contributed by atoms with van der Waals surface area (Å²) in [4.78, 5) is 0. The molecule has 17 heavy (non-hydrogen) atoms. The molecule has 0 radical (unpaired) electrons. The molecular formula is C13H21NO3. The number of aryl methyl sites for hydroxylation is 1. The third kappa shape index (κ3) is 4.73. The average Bonchev–Trinajstić information content (AvgIpc) is 2.30. The van der Waals surface area contributed by atoms with Gasteiger partial charge in [-0.1, -0.05) is 17.7 Å². The second-order valence-corrected chi connectivity index (χ2v) is 4.01. The fourth-order valence-electron chi connectivity index (χ4n) is 1.53. The van der Waals surface area contributed by atoms with Crippen LogP contribution < -0.4 is 10.5 Å². The molecule has 1 aromatic rings. The van der Waals surface area contributed by atoms with E-state index < -0.39 is 0 Å². The Morgan fingerprint density at radius 2 is 2.06 bits per heavy atom. The van der Waals surface area contributed by atoms with Crippen molar-refractivity contribution in [3.05, 3.63) is 29.3 Å². The molecule has 0 aliphatic rings. The van der Waals surface area contributed by atoms with Gasteiger partial charge in [-0.3, -0.25) is 0 Å². The summed E-state index contributed by atoms with van der Waals surface area (Å²) in [6.45, 7) is 5.27. The molecular weight excluding hydrogens is 218 g/mol. The molecule has 3 N–H and O–H groups in total. The number of hydrogen-bond donors (Lipinski definition) is 2. The van der Waals surface area contributed by atoms with Crippen LogP contribution in [0.2, 0.25) is 0 Å².